The minimum absolute atomic E-state index is 0. The van der Waals surface area contributed by atoms with Crippen molar-refractivity contribution < 1.29 is 91.0 Å². The highest BCUT2D eigenvalue weighted by molar-refractivity contribution is 5.70. The summed E-state index contributed by atoms with van der Waals surface area (Å²) in [5.74, 6) is -4.89. The fourth-order valence-corrected chi connectivity index (χ4v) is 11.1. The third-order valence-electron chi connectivity index (χ3n) is 16.7. The molecular weight excluding hydrogens is 1200 g/mol. The summed E-state index contributed by atoms with van der Waals surface area (Å²) in [7, 11) is 0. The van der Waals surface area contributed by atoms with Gasteiger partial charge in [-0.15, -0.1) is 0 Å². The first-order chi connectivity index (χ1) is 43.1. The van der Waals surface area contributed by atoms with Gasteiger partial charge >= 0.3 is 17.9 Å². The Kier molecular flexibility index (Phi) is 27.3. The lowest BCUT2D eigenvalue weighted by Crippen LogP contribution is -2.48. The minimum atomic E-state index is -1.01. The average Bonchev–Trinajstić information content (AvgIpc) is 0.908. The molecule has 0 atom stereocenters. The zero-order valence-corrected chi connectivity index (χ0v) is 53.8. The maximum absolute atomic E-state index is 11.4. The highest BCUT2D eigenvalue weighted by atomic mass is 16.4. The zero-order valence-electron chi connectivity index (χ0n) is 53.8. The molecule has 0 aliphatic carbocycles. The monoisotopic (exact) mass is 1300 g/mol. The van der Waals surface area contributed by atoms with E-state index in [1.165, 1.54) is 0 Å². The van der Waals surface area contributed by atoms with Crippen LogP contribution in [0.5, 0.6) is 69.0 Å². The van der Waals surface area contributed by atoms with E-state index in [1.54, 1.807) is 58.0 Å². The largest absolute Gasteiger partial charge is 0.508 e. The molecule has 26 nitrogen and oxygen atoms in total. The van der Waals surface area contributed by atoms with Gasteiger partial charge < -0.3 is 76.6 Å². The van der Waals surface area contributed by atoms with Crippen molar-refractivity contribution in [2.75, 3.05) is 124 Å². The molecule has 2 heterocycles. The van der Waals surface area contributed by atoms with Crippen LogP contribution in [0.25, 0.3) is 0 Å². The maximum Gasteiger partial charge on any atom is 0.317 e. The molecule has 0 amide bonds. The van der Waals surface area contributed by atoms with Crippen molar-refractivity contribution in [2.24, 2.45) is 0 Å². The summed E-state index contributed by atoms with van der Waals surface area (Å²) < 4.78 is 0. The van der Waals surface area contributed by atoms with Crippen molar-refractivity contribution in [2.45, 2.75) is 99.4 Å². The van der Waals surface area contributed by atoms with Crippen LogP contribution in [0.4, 0.5) is 0 Å². The zero-order chi connectivity index (χ0) is 67.9. The van der Waals surface area contributed by atoms with Crippen molar-refractivity contribution in [3.05, 3.63) is 105 Å². The van der Waals surface area contributed by atoms with Gasteiger partial charge in [-0.25, -0.2) is 0 Å². The van der Waals surface area contributed by atoms with Crippen LogP contribution < -0.4 is 0 Å². The Morgan fingerprint density at radius 3 is 0.634 bits per heavy atom. The molecule has 5 aromatic carbocycles. The third-order valence-corrected chi connectivity index (χ3v) is 16.7. The Labute approximate surface area is 544 Å². The molecule has 2 saturated heterocycles. The lowest BCUT2D eigenvalue weighted by atomic mass is 9.86. The topological polar surface area (TPSA) is 381 Å². The van der Waals surface area contributed by atoms with Gasteiger partial charge in [-0.3, -0.25) is 53.6 Å². The van der Waals surface area contributed by atoms with Gasteiger partial charge in [0, 0.05) is 190 Å². The SMILES string of the molecule is C.CC(C)(C)c1cc(O)c(CN2CCN(CC(=O)O)CCN(CC(=O)O)CCN(CC(=O)O)CC2)c(O)c1.Cc1cc(O)c(CN2CCN(Cc3c(O)cc(O)cc3O)CCN(Cc3c(O)cc(O)cc3O)CCN(Cc3c(O)cc(C(C)(C)C)cc3O)CC2)c(O)c1. The number of aryl methyl sites for hydroxylation is 1. The lowest BCUT2D eigenvalue weighted by Gasteiger charge is -2.35. The third kappa shape index (κ3) is 23.1. The van der Waals surface area contributed by atoms with Gasteiger partial charge in [-0.2, -0.15) is 0 Å². The molecule has 93 heavy (non-hydrogen) atoms. The summed E-state index contributed by atoms with van der Waals surface area (Å²) in [6.07, 6.45) is 0. The summed E-state index contributed by atoms with van der Waals surface area (Å²) in [5.41, 5.74) is 3.18. The second-order valence-corrected chi connectivity index (χ2v) is 26.1. The van der Waals surface area contributed by atoms with Crippen molar-refractivity contribution in [3.63, 3.8) is 0 Å². The normalized spacial score (nSPS) is 16.8. The van der Waals surface area contributed by atoms with Crippen molar-refractivity contribution in [1.29, 1.82) is 0 Å². The molecule has 0 saturated carbocycles. The fourth-order valence-electron chi connectivity index (χ4n) is 11.1. The molecule has 0 aromatic heterocycles. The summed E-state index contributed by atoms with van der Waals surface area (Å²) in [6, 6.07) is 14.4. The molecule has 2 aliphatic heterocycles. The number of phenols is 12. The van der Waals surface area contributed by atoms with E-state index < -0.39 is 17.9 Å². The van der Waals surface area contributed by atoms with Crippen LogP contribution in [0, 0.1) is 6.92 Å². The Morgan fingerprint density at radius 2 is 0.462 bits per heavy atom. The first-order valence-corrected chi connectivity index (χ1v) is 30.7. The molecule has 2 aliphatic rings. The molecule has 7 rings (SSSR count). The fraction of sp³-hybridized carbons (Fsp3) is 0.507. The van der Waals surface area contributed by atoms with Crippen LogP contribution in [-0.4, -0.2) is 258 Å². The second kappa shape index (κ2) is 33.6. The number of phenolic OH excluding ortho intramolecular Hbond substituents is 12. The highest BCUT2D eigenvalue weighted by Crippen LogP contribution is 2.39. The van der Waals surface area contributed by atoms with Gasteiger partial charge in [-0.1, -0.05) is 49.0 Å². The van der Waals surface area contributed by atoms with E-state index in [0.29, 0.717) is 127 Å². The Morgan fingerprint density at radius 1 is 0.301 bits per heavy atom. The molecule has 5 aromatic rings. The summed E-state index contributed by atoms with van der Waals surface area (Å²) in [6.45, 7) is 19.8. The first kappa shape index (κ1) is 75.5. The molecule has 0 radical (unpaired) electrons. The summed E-state index contributed by atoms with van der Waals surface area (Å²) in [4.78, 5) is 49.4. The minimum Gasteiger partial charge on any atom is -0.508 e. The number of hydrogen-bond acceptors (Lipinski definition) is 23. The molecule has 0 spiro atoms. The van der Waals surface area contributed by atoms with Crippen LogP contribution in [0.15, 0.2) is 60.7 Å². The van der Waals surface area contributed by atoms with E-state index in [-0.39, 0.29) is 151 Å². The Hall–Kier alpha value is -8.21. The number of hydrogen-bond donors (Lipinski definition) is 15. The number of aliphatic carboxylic acids is 3. The van der Waals surface area contributed by atoms with Crippen LogP contribution in [-0.2, 0) is 57.9 Å². The molecule has 0 bridgehead atoms. The summed E-state index contributed by atoms with van der Waals surface area (Å²) >= 11 is 0. The van der Waals surface area contributed by atoms with Crippen LogP contribution >= 0.6 is 0 Å². The van der Waals surface area contributed by atoms with Gasteiger partial charge in [0.25, 0.3) is 0 Å². The van der Waals surface area contributed by atoms with E-state index in [9.17, 15) is 91.0 Å². The number of nitrogens with zero attached hydrogens (tertiary/aromatic N) is 8. The highest BCUT2D eigenvalue weighted by Gasteiger charge is 2.28. The van der Waals surface area contributed by atoms with Crippen LogP contribution in [0.3, 0.4) is 0 Å². The number of aromatic hydroxyl groups is 12. The molecule has 26 heteroatoms. The van der Waals surface area contributed by atoms with E-state index in [1.807, 2.05) is 56.2 Å². The van der Waals surface area contributed by atoms with Crippen LogP contribution in [0.2, 0.25) is 0 Å². The Bertz CT molecular complexity index is 3110. The van der Waals surface area contributed by atoms with Gasteiger partial charge in [0.05, 0.1) is 19.6 Å². The predicted molar refractivity (Wildman–Crippen MR) is 350 cm³/mol. The lowest BCUT2D eigenvalue weighted by molar-refractivity contribution is -0.140. The first-order valence-electron chi connectivity index (χ1n) is 30.7. The molecule has 2 fully saturated rings. The van der Waals surface area contributed by atoms with Gasteiger partial charge in [0.2, 0.25) is 0 Å². The number of carbonyl (C=O) groups is 3. The maximum atomic E-state index is 11.4. The molecule has 514 valence electrons. The molecular formula is C67H98N8O18. The van der Waals surface area contributed by atoms with E-state index >= 15 is 0 Å². The predicted octanol–water partition coefficient (Wildman–Crippen LogP) is 5.68. The molecule has 15 N–H and O–H groups in total. The number of benzene rings is 5. The van der Waals surface area contributed by atoms with Crippen molar-refractivity contribution in [3.8, 4) is 69.0 Å². The second-order valence-electron chi connectivity index (χ2n) is 26.1. The van der Waals surface area contributed by atoms with Crippen molar-refractivity contribution in [1.82, 2.24) is 39.2 Å². The van der Waals surface area contributed by atoms with Gasteiger partial charge in [0.1, 0.15) is 69.0 Å². The average molecular weight is 1300 g/mol. The Balaban J connectivity index is 0.000000361. The van der Waals surface area contributed by atoms with Gasteiger partial charge in [0.15, 0.2) is 0 Å². The standard InChI is InChI=1S/C41H54N4O10.C25H40N4O8.CH4/c1-25-13-33(48)29(34(49)14-25)21-42-5-7-43(22-30-35(50)15-26(16-36(30)51)41(2,3)4)8-10-45(24-32-39(54)19-28(47)20-40(32)55)12-11-44(9-6-42)23-31-37(52)17-27(46)18-38(31)53;1-25(2,3)18-12-20(30)19(21(31)13-18)14-26-4-6-27(15-22(32)33)8-10-29(17-24(36)37)11-9-28(7-5-26)16-23(34)35;/h13-20,46-55H,5-12,21-24H2,1-4H3;12-13,30-31H,4-11,14-17H2,1-3H3,(H,32,33)(H,34,35)(H,36,37);1H4. The quantitative estimate of drug-likeness (QED) is 0.0565. The van der Waals surface area contributed by atoms with Crippen molar-refractivity contribution >= 4 is 17.9 Å². The summed E-state index contributed by atoms with van der Waals surface area (Å²) in [5, 5.41) is 156. The van der Waals surface area contributed by atoms with E-state index in [2.05, 4.69) is 9.80 Å². The number of rotatable bonds is 16. The number of carboxylic acids is 3. The number of carboxylic acid groups (broad SMARTS) is 3. The van der Waals surface area contributed by atoms with Gasteiger partial charge in [-0.05, 0) is 70.8 Å². The van der Waals surface area contributed by atoms with E-state index in [4.69, 9.17) is 0 Å². The molecule has 0 unspecified atom stereocenters. The van der Waals surface area contributed by atoms with Crippen LogP contribution in [0.1, 0.15) is 93.5 Å². The smallest absolute Gasteiger partial charge is 0.317 e. The van der Waals surface area contributed by atoms with E-state index in [0.717, 1.165) is 35.4 Å².